The molecular formula is C17H12BrIN2O4. The number of hydrazone groups is 1. The molecule has 3 rings (SSSR count). The highest BCUT2D eigenvalue weighted by Crippen LogP contribution is 2.32. The fourth-order valence-electron chi connectivity index (χ4n) is 2.17. The molecule has 0 aliphatic heterocycles. The predicted molar refractivity (Wildman–Crippen MR) is 106 cm³/mol. The highest BCUT2D eigenvalue weighted by molar-refractivity contribution is 14.1. The Labute approximate surface area is 165 Å². The second-order valence-electron chi connectivity index (χ2n) is 5.05. The maximum absolute atomic E-state index is 12.2. The number of aromatic hydroxyl groups is 1. The minimum Gasteiger partial charge on any atom is -0.507 e. The van der Waals surface area contributed by atoms with Crippen molar-refractivity contribution in [1.82, 2.24) is 5.43 Å². The Bertz CT molecular complexity index is 984. The van der Waals surface area contributed by atoms with Gasteiger partial charge in [-0.15, -0.1) is 0 Å². The highest BCUT2D eigenvalue weighted by Gasteiger charge is 2.15. The first-order valence-corrected chi connectivity index (χ1v) is 8.94. The number of rotatable bonds is 4. The van der Waals surface area contributed by atoms with Gasteiger partial charge in [-0.2, -0.15) is 5.10 Å². The molecule has 0 atom stereocenters. The van der Waals surface area contributed by atoms with Crippen molar-refractivity contribution in [2.24, 2.45) is 5.10 Å². The standard InChI is InChI=1S/C17H12BrIN2O4/c1-24-14-7-11(18)5-10-6-15(25-16(10)14)17(23)21-20-8-9-2-3-13(22)12(19)4-9/h2-8,22H,1H3,(H,21,23)/b20-8-. The molecule has 0 spiro atoms. The summed E-state index contributed by atoms with van der Waals surface area (Å²) in [5.41, 5.74) is 3.66. The molecule has 0 aliphatic rings. The Hall–Kier alpha value is -2.07. The first-order chi connectivity index (χ1) is 12.0. The second kappa shape index (κ2) is 7.44. The summed E-state index contributed by atoms with van der Waals surface area (Å²) in [6, 6.07) is 10.2. The van der Waals surface area contributed by atoms with Crippen LogP contribution in [0, 0.1) is 3.57 Å². The molecule has 0 aliphatic carbocycles. The average molecular weight is 515 g/mol. The number of benzene rings is 2. The lowest BCUT2D eigenvalue weighted by atomic mass is 10.2. The van der Waals surface area contributed by atoms with Crippen LogP contribution < -0.4 is 10.2 Å². The monoisotopic (exact) mass is 514 g/mol. The molecule has 0 unspecified atom stereocenters. The van der Waals surface area contributed by atoms with E-state index >= 15 is 0 Å². The summed E-state index contributed by atoms with van der Waals surface area (Å²) < 4.78 is 12.4. The van der Waals surface area contributed by atoms with E-state index in [4.69, 9.17) is 9.15 Å². The number of amides is 1. The van der Waals surface area contributed by atoms with Crippen molar-refractivity contribution in [2.45, 2.75) is 0 Å². The summed E-state index contributed by atoms with van der Waals surface area (Å²) in [6.45, 7) is 0. The van der Waals surface area contributed by atoms with Gasteiger partial charge in [0.1, 0.15) is 5.75 Å². The summed E-state index contributed by atoms with van der Waals surface area (Å²) in [5.74, 6) is 0.387. The zero-order valence-corrected chi connectivity index (χ0v) is 16.7. The van der Waals surface area contributed by atoms with Crippen molar-refractivity contribution in [3.8, 4) is 11.5 Å². The third kappa shape index (κ3) is 3.96. The molecule has 128 valence electrons. The van der Waals surface area contributed by atoms with Gasteiger partial charge in [0.25, 0.3) is 0 Å². The molecule has 1 amide bonds. The molecule has 0 saturated carbocycles. The van der Waals surface area contributed by atoms with E-state index in [2.05, 4.69) is 26.5 Å². The Kier molecular flexibility index (Phi) is 5.28. The van der Waals surface area contributed by atoms with E-state index in [0.717, 1.165) is 15.4 Å². The zero-order valence-electron chi connectivity index (χ0n) is 12.9. The molecule has 1 aromatic heterocycles. The first-order valence-electron chi connectivity index (χ1n) is 7.07. The summed E-state index contributed by atoms with van der Waals surface area (Å²) in [4.78, 5) is 12.2. The van der Waals surface area contributed by atoms with Gasteiger partial charge in [0, 0.05) is 9.86 Å². The number of phenols is 1. The number of fused-ring (bicyclic) bond motifs is 1. The number of nitrogens with zero attached hydrogens (tertiary/aromatic N) is 1. The fourth-order valence-corrected chi connectivity index (χ4v) is 3.17. The number of hydrogen-bond acceptors (Lipinski definition) is 5. The van der Waals surface area contributed by atoms with Gasteiger partial charge in [-0.3, -0.25) is 4.79 Å². The first kappa shape index (κ1) is 17.7. The maximum atomic E-state index is 12.2. The van der Waals surface area contributed by atoms with E-state index in [1.165, 1.54) is 13.3 Å². The number of carbonyl (C=O) groups is 1. The molecule has 6 nitrogen and oxygen atoms in total. The number of methoxy groups -OCH3 is 1. The molecular weight excluding hydrogens is 503 g/mol. The number of furan rings is 1. The molecule has 8 heteroatoms. The van der Waals surface area contributed by atoms with Crippen LogP contribution in [-0.4, -0.2) is 24.3 Å². The van der Waals surface area contributed by atoms with E-state index in [-0.39, 0.29) is 11.5 Å². The Balaban J connectivity index is 1.78. The molecule has 2 N–H and O–H groups in total. The lowest BCUT2D eigenvalue weighted by Gasteiger charge is -2.00. The SMILES string of the molecule is COc1cc(Br)cc2cc(C(=O)N/N=C\c3ccc(O)c(I)c3)oc12. The van der Waals surface area contributed by atoms with Gasteiger partial charge in [0.15, 0.2) is 17.1 Å². The lowest BCUT2D eigenvalue weighted by molar-refractivity contribution is 0.0929. The van der Waals surface area contributed by atoms with Crippen molar-refractivity contribution in [2.75, 3.05) is 7.11 Å². The van der Waals surface area contributed by atoms with E-state index in [1.54, 1.807) is 30.3 Å². The quantitative estimate of drug-likeness (QED) is 0.309. The van der Waals surface area contributed by atoms with E-state index in [1.807, 2.05) is 28.7 Å². The van der Waals surface area contributed by atoms with Crippen LogP contribution in [0.5, 0.6) is 11.5 Å². The van der Waals surface area contributed by atoms with E-state index in [9.17, 15) is 9.90 Å². The smallest absolute Gasteiger partial charge is 0.307 e. The van der Waals surface area contributed by atoms with Gasteiger partial charge < -0.3 is 14.3 Å². The summed E-state index contributed by atoms with van der Waals surface area (Å²) in [5, 5.41) is 14.1. The van der Waals surface area contributed by atoms with Crippen LogP contribution in [0.25, 0.3) is 11.0 Å². The topological polar surface area (TPSA) is 84.1 Å². The minimum absolute atomic E-state index is 0.129. The second-order valence-corrected chi connectivity index (χ2v) is 7.12. The zero-order chi connectivity index (χ0) is 18.0. The van der Waals surface area contributed by atoms with Crippen LogP contribution in [0.2, 0.25) is 0 Å². The lowest BCUT2D eigenvalue weighted by Crippen LogP contribution is -2.16. The minimum atomic E-state index is -0.473. The third-order valence-electron chi connectivity index (χ3n) is 3.34. The third-order valence-corrected chi connectivity index (χ3v) is 4.66. The highest BCUT2D eigenvalue weighted by atomic mass is 127. The van der Waals surface area contributed by atoms with Gasteiger partial charge in [-0.1, -0.05) is 15.9 Å². The average Bonchev–Trinajstić information content (AvgIpc) is 3.01. The van der Waals surface area contributed by atoms with Crippen LogP contribution >= 0.6 is 38.5 Å². The number of nitrogens with one attached hydrogen (secondary N) is 1. The van der Waals surface area contributed by atoms with Gasteiger partial charge in [-0.05, 0) is 64.6 Å². The molecule has 0 fully saturated rings. The van der Waals surface area contributed by atoms with E-state index in [0.29, 0.717) is 14.9 Å². The largest absolute Gasteiger partial charge is 0.507 e. The predicted octanol–water partition coefficient (Wildman–Crippen LogP) is 4.28. The number of hydrogen-bond donors (Lipinski definition) is 2. The van der Waals surface area contributed by atoms with Crippen LogP contribution in [0.1, 0.15) is 16.1 Å². The van der Waals surface area contributed by atoms with Crippen molar-refractivity contribution in [3.05, 3.63) is 55.8 Å². The summed E-state index contributed by atoms with van der Waals surface area (Å²) in [7, 11) is 1.53. The Morgan fingerprint density at radius 3 is 2.88 bits per heavy atom. The van der Waals surface area contributed by atoms with Gasteiger partial charge in [0.05, 0.1) is 16.9 Å². The Morgan fingerprint density at radius 2 is 2.16 bits per heavy atom. The van der Waals surface area contributed by atoms with E-state index < -0.39 is 5.91 Å². The van der Waals surface area contributed by atoms with Crippen molar-refractivity contribution in [1.29, 1.82) is 0 Å². The van der Waals surface area contributed by atoms with Gasteiger partial charge in [0.2, 0.25) is 0 Å². The normalized spacial score (nSPS) is 11.2. The van der Waals surface area contributed by atoms with Crippen molar-refractivity contribution in [3.63, 3.8) is 0 Å². The molecule has 1 heterocycles. The summed E-state index contributed by atoms with van der Waals surface area (Å²) in [6.07, 6.45) is 1.49. The Morgan fingerprint density at radius 1 is 1.36 bits per heavy atom. The number of ether oxygens (including phenoxy) is 1. The molecule has 25 heavy (non-hydrogen) atoms. The number of carbonyl (C=O) groups excluding carboxylic acids is 1. The van der Waals surface area contributed by atoms with Gasteiger partial charge >= 0.3 is 5.91 Å². The maximum Gasteiger partial charge on any atom is 0.307 e. The van der Waals surface area contributed by atoms with Crippen molar-refractivity contribution < 1.29 is 19.1 Å². The van der Waals surface area contributed by atoms with Crippen LogP contribution in [0.4, 0.5) is 0 Å². The van der Waals surface area contributed by atoms with Crippen molar-refractivity contribution >= 4 is 61.6 Å². The number of halogens is 2. The summed E-state index contributed by atoms with van der Waals surface area (Å²) >= 11 is 5.40. The van der Waals surface area contributed by atoms with Crippen LogP contribution in [0.15, 0.2) is 50.4 Å². The molecule has 0 saturated heterocycles. The fraction of sp³-hybridized carbons (Fsp3) is 0.0588. The molecule has 0 bridgehead atoms. The van der Waals surface area contributed by atoms with Crippen LogP contribution in [0.3, 0.4) is 0 Å². The molecule has 3 aromatic rings. The van der Waals surface area contributed by atoms with Crippen LogP contribution in [-0.2, 0) is 0 Å². The number of phenolic OH excluding ortho intramolecular Hbond substituents is 1. The molecule has 0 radical (unpaired) electrons. The molecule has 2 aromatic carbocycles. The van der Waals surface area contributed by atoms with Gasteiger partial charge in [-0.25, -0.2) is 5.43 Å².